The van der Waals surface area contributed by atoms with Crippen LogP contribution in [0.2, 0.25) is 0 Å². The number of aliphatic carboxylic acids is 1. The minimum Gasteiger partial charge on any atom is -0.481 e. The molecule has 0 aliphatic carbocycles. The average Bonchev–Trinajstić information content (AvgIpc) is 2.98. The zero-order valence-electron chi connectivity index (χ0n) is 11.0. The molecule has 0 saturated carbocycles. The van der Waals surface area contributed by atoms with E-state index in [0.29, 0.717) is 25.9 Å². The van der Waals surface area contributed by atoms with E-state index in [0.717, 1.165) is 23.5 Å². The predicted octanol–water partition coefficient (Wildman–Crippen LogP) is 1.71. The molecule has 5 nitrogen and oxygen atoms in total. The number of aromatic nitrogens is 1. The second-order valence-corrected chi connectivity index (χ2v) is 5.94. The Morgan fingerprint density at radius 1 is 1.58 bits per heavy atom. The number of aryl methyl sites for hydroxylation is 2. The van der Waals surface area contributed by atoms with Gasteiger partial charge in [-0.05, 0) is 26.2 Å². The van der Waals surface area contributed by atoms with Gasteiger partial charge in [0.25, 0.3) is 0 Å². The van der Waals surface area contributed by atoms with E-state index >= 15 is 0 Å². The maximum absolute atomic E-state index is 11.9. The first kappa shape index (κ1) is 14.0. The van der Waals surface area contributed by atoms with Gasteiger partial charge < -0.3 is 10.0 Å². The normalized spacial score (nSPS) is 18.8. The van der Waals surface area contributed by atoms with Crippen LogP contribution in [0, 0.1) is 12.8 Å². The second-order valence-electron chi connectivity index (χ2n) is 4.88. The van der Waals surface area contributed by atoms with E-state index in [1.807, 2.05) is 12.3 Å². The van der Waals surface area contributed by atoms with Crippen LogP contribution in [0.3, 0.4) is 0 Å². The van der Waals surface area contributed by atoms with Crippen molar-refractivity contribution in [1.82, 2.24) is 9.88 Å². The van der Waals surface area contributed by atoms with Crippen LogP contribution < -0.4 is 0 Å². The first-order chi connectivity index (χ1) is 9.06. The Balaban J connectivity index is 1.72. The molecule has 0 unspecified atom stereocenters. The van der Waals surface area contributed by atoms with Crippen molar-refractivity contribution in [3.05, 3.63) is 16.1 Å². The Labute approximate surface area is 116 Å². The van der Waals surface area contributed by atoms with Gasteiger partial charge in [-0.25, -0.2) is 4.98 Å². The molecule has 1 amide bonds. The van der Waals surface area contributed by atoms with Crippen molar-refractivity contribution in [2.75, 3.05) is 13.1 Å². The van der Waals surface area contributed by atoms with Crippen molar-refractivity contribution in [3.8, 4) is 0 Å². The van der Waals surface area contributed by atoms with E-state index in [9.17, 15) is 9.59 Å². The van der Waals surface area contributed by atoms with E-state index in [1.54, 1.807) is 16.2 Å². The summed E-state index contributed by atoms with van der Waals surface area (Å²) in [6, 6.07) is 0. The third-order valence-electron chi connectivity index (χ3n) is 3.38. The van der Waals surface area contributed by atoms with Crippen LogP contribution in [0.15, 0.2) is 5.38 Å². The summed E-state index contributed by atoms with van der Waals surface area (Å²) in [6.07, 6.45) is 2.64. The molecule has 104 valence electrons. The fraction of sp³-hybridized carbons (Fsp3) is 0.615. The molecule has 2 heterocycles. The molecule has 19 heavy (non-hydrogen) atoms. The largest absolute Gasteiger partial charge is 0.481 e. The molecule has 1 aromatic heterocycles. The average molecular weight is 282 g/mol. The molecule has 0 bridgehead atoms. The minimum atomic E-state index is -0.798. The van der Waals surface area contributed by atoms with Gasteiger partial charge in [-0.1, -0.05) is 0 Å². The van der Waals surface area contributed by atoms with Crippen molar-refractivity contribution >= 4 is 23.2 Å². The molecule has 1 atom stereocenters. The Morgan fingerprint density at radius 2 is 2.37 bits per heavy atom. The topological polar surface area (TPSA) is 70.5 Å². The summed E-state index contributed by atoms with van der Waals surface area (Å²) >= 11 is 1.62. The zero-order valence-corrected chi connectivity index (χ0v) is 11.8. The van der Waals surface area contributed by atoms with Gasteiger partial charge in [-0.3, -0.25) is 9.59 Å². The van der Waals surface area contributed by atoms with Gasteiger partial charge in [0.05, 0.1) is 16.6 Å². The van der Waals surface area contributed by atoms with Gasteiger partial charge in [-0.15, -0.1) is 11.3 Å². The lowest BCUT2D eigenvalue weighted by Gasteiger charge is -2.15. The number of carboxylic acid groups (broad SMARTS) is 1. The zero-order chi connectivity index (χ0) is 13.8. The molecule has 0 aromatic carbocycles. The van der Waals surface area contributed by atoms with Crippen molar-refractivity contribution < 1.29 is 14.7 Å². The lowest BCUT2D eigenvalue weighted by molar-refractivity contribution is -0.141. The van der Waals surface area contributed by atoms with Crippen LogP contribution in [0.25, 0.3) is 0 Å². The van der Waals surface area contributed by atoms with Gasteiger partial charge in [0.1, 0.15) is 0 Å². The number of carbonyl (C=O) groups is 2. The van der Waals surface area contributed by atoms with E-state index in [1.165, 1.54) is 0 Å². The molecule has 1 fully saturated rings. The number of thiazole rings is 1. The summed E-state index contributed by atoms with van der Waals surface area (Å²) in [6.45, 7) is 2.91. The van der Waals surface area contributed by atoms with E-state index in [4.69, 9.17) is 5.11 Å². The fourth-order valence-electron chi connectivity index (χ4n) is 2.29. The maximum Gasteiger partial charge on any atom is 0.308 e. The van der Waals surface area contributed by atoms with Crippen molar-refractivity contribution in [1.29, 1.82) is 0 Å². The van der Waals surface area contributed by atoms with Gasteiger partial charge in [0.2, 0.25) is 5.91 Å². The number of nitrogens with zero attached hydrogens (tertiary/aromatic N) is 2. The first-order valence-electron chi connectivity index (χ1n) is 6.48. The number of rotatable bonds is 5. The molecular weight excluding hydrogens is 264 g/mol. The highest BCUT2D eigenvalue weighted by Crippen LogP contribution is 2.18. The van der Waals surface area contributed by atoms with E-state index in [-0.39, 0.29) is 11.8 Å². The quantitative estimate of drug-likeness (QED) is 0.892. The third-order valence-corrected chi connectivity index (χ3v) is 4.20. The summed E-state index contributed by atoms with van der Waals surface area (Å²) in [5, 5.41) is 12.0. The molecule has 1 saturated heterocycles. The molecule has 6 heteroatoms. The van der Waals surface area contributed by atoms with Gasteiger partial charge >= 0.3 is 5.97 Å². The predicted molar refractivity (Wildman–Crippen MR) is 72.1 cm³/mol. The number of carboxylic acids is 1. The number of carbonyl (C=O) groups excluding carboxylic acids is 1. The molecule has 0 radical (unpaired) electrons. The first-order valence-corrected chi connectivity index (χ1v) is 7.36. The van der Waals surface area contributed by atoms with Crippen molar-refractivity contribution in [2.45, 2.75) is 32.6 Å². The highest BCUT2D eigenvalue weighted by molar-refractivity contribution is 7.09. The van der Waals surface area contributed by atoms with E-state index in [2.05, 4.69) is 4.98 Å². The summed E-state index contributed by atoms with van der Waals surface area (Å²) in [7, 11) is 0. The number of amides is 1. The minimum absolute atomic E-state index is 0.0655. The molecule has 1 aliphatic rings. The standard InChI is InChI=1S/C13H18N2O3S/c1-9-14-11(8-19-9)3-2-4-12(16)15-6-5-10(7-15)13(17)18/h8,10H,2-7H2,1H3,(H,17,18)/t10-/m1/s1. The third kappa shape index (κ3) is 3.76. The Hall–Kier alpha value is -1.43. The van der Waals surface area contributed by atoms with E-state index < -0.39 is 5.97 Å². The van der Waals surface area contributed by atoms with Gasteiger partial charge in [0, 0.05) is 24.9 Å². The maximum atomic E-state index is 11.9. The monoisotopic (exact) mass is 282 g/mol. The van der Waals surface area contributed by atoms with Crippen LogP contribution in [0.1, 0.15) is 30.0 Å². The van der Waals surface area contributed by atoms with Crippen molar-refractivity contribution in [3.63, 3.8) is 0 Å². The van der Waals surface area contributed by atoms with Crippen LogP contribution in [0.4, 0.5) is 0 Å². The molecule has 1 aliphatic heterocycles. The van der Waals surface area contributed by atoms with Gasteiger partial charge in [-0.2, -0.15) is 0 Å². The number of hydrogen-bond donors (Lipinski definition) is 1. The summed E-state index contributed by atoms with van der Waals surface area (Å²) in [5.74, 6) is -1.12. The summed E-state index contributed by atoms with van der Waals surface area (Å²) in [5.41, 5.74) is 1.04. The molecule has 2 rings (SSSR count). The van der Waals surface area contributed by atoms with Gasteiger partial charge in [0.15, 0.2) is 0 Å². The van der Waals surface area contributed by atoms with Crippen molar-refractivity contribution in [2.24, 2.45) is 5.92 Å². The highest BCUT2D eigenvalue weighted by Gasteiger charge is 2.30. The molecule has 1 N–H and O–H groups in total. The summed E-state index contributed by atoms with van der Waals surface area (Å²) in [4.78, 5) is 28.8. The Bertz CT molecular complexity index is 472. The lowest BCUT2D eigenvalue weighted by atomic mass is 10.1. The Morgan fingerprint density at radius 3 is 2.95 bits per heavy atom. The SMILES string of the molecule is Cc1nc(CCCC(=O)N2CC[C@@H](C(=O)O)C2)cs1. The summed E-state index contributed by atoms with van der Waals surface area (Å²) < 4.78 is 0. The molecular formula is C13H18N2O3S. The smallest absolute Gasteiger partial charge is 0.308 e. The Kier molecular flexibility index (Phi) is 4.52. The number of likely N-dealkylation sites (tertiary alicyclic amines) is 1. The highest BCUT2D eigenvalue weighted by atomic mass is 32.1. The van der Waals surface area contributed by atoms with Crippen LogP contribution in [-0.2, 0) is 16.0 Å². The molecule has 0 spiro atoms. The fourth-order valence-corrected chi connectivity index (χ4v) is 2.94. The number of hydrogen-bond acceptors (Lipinski definition) is 4. The lowest BCUT2D eigenvalue weighted by Crippen LogP contribution is -2.29. The molecule has 1 aromatic rings. The van der Waals surface area contributed by atoms with Crippen LogP contribution in [-0.4, -0.2) is 40.0 Å². The second kappa shape index (κ2) is 6.14. The van der Waals surface area contributed by atoms with Crippen LogP contribution >= 0.6 is 11.3 Å². The van der Waals surface area contributed by atoms with Crippen LogP contribution in [0.5, 0.6) is 0 Å².